The Balaban J connectivity index is 1.86. The van der Waals surface area contributed by atoms with E-state index in [0.29, 0.717) is 26.3 Å². The van der Waals surface area contributed by atoms with Gasteiger partial charge in [-0.25, -0.2) is 4.98 Å². The van der Waals surface area contributed by atoms with Crippen LogP contribution < -0.4 is 10.5 Å². The van der Waals surface area contributed by atoms with Crippen LogP contribution in [0.2, 0.25) is 0 Å². The molecule has 0 bridgehead atoms. The Morgan fingerprint density at radius 2 is 1.91 bits per heavy atom. The Bertz CT molecular complexity index is 1130. The number of carbonyl (C=O) groups is 1. The Kier molecular flexibility index (Phi) is 7.00. The van der Waals surface area contributed by atoms with Crippen LogP contribution in [0, 0.1) is 6.92 Å². The normalized spacial score (nSPS) is 18.5. The molecule has 8 heteroatoms. The third-order valence-electron chi connectivity index (χ3n) is 6.14. The van der Waals surface area contributed by atoms with E-state index in [9.17, 15) is 9.59 Å². The van der Waals surface area contributed by atoms with Crippen molar-refractivity contribution in [2.24, 2.45) is 0 Å². The molecule has 2 aromatic rings. The van der Waals surface area contributed by atoms with Crippen LogP contribution in [-0.4, -0.2) is 43.6 Å². The fraction of sp³-hybridized carbons (Fsp3) is 0.500. The molecule has 1 saturated carbocycles. The molecule has 2 fully saturated rings. The molecule has 0 aromatic carbocycles. The van der Waals surface area contributed by atoms with Gasteiger partial charge < -0.3 is 4.90 Å². The minimum Gasteiger partial charge on any atom is -0.356 e. The van der Waals surface area contributed by atoms with Crippen LogP contribution in [0.15, 0.2) is 28.0 Å². The van der Waals surface area contributed by atoms with Gasteiger partial charge in [0.05, 0.1) is 10.5 Å². The van der Waals surface area contributed by atoms with Gasteiger partial charge in [0, 0.05) is 25.3 Å². The van der Waals surface area contributed by atoms with Crippen molar-refractivity contribution in [3.63, 3.8) is 0 Å². The Labute approximate surface area is 198 Å². The summed E-state index contributed by atoms with van der Waals surface area (Å²) in [5.41, 5.74) is 1.90. The first-order chi connectivity index (χ1) is 15.5. The first-order valence-corrected chi connectivity index (χ1v) is 12.7. The fourth-order valence-electron chi connectivity index (χ4n) is 4.62. The first kappa shape index (κ1) is 23.0. The van der Waals surface area contributed by atoms with Gasteiger partial charge in [-0.05, 0) is 50.3 Å². The number of fused-ring (bicyclic) bond motifs is 1. The molecule has 0 atom stereocenters. The predicted octanol–water partition coefficient (Wildman–Crippen LogP) is 4.77. The summed E-state index contributed by atoms with van der Waals surface area (Å²) in [5, 5.41) is 0. The highest BCUT2D eigenvalue weighted by Crippen LogP contribution is 2.38. The van der Waals surface area contributed by atoms with Crippen molar-refractivity contribution >= 4 is 51.7 Å². The molecule has 0 radical (unpaired) electrons. The zero-order valence-corrected chi connectivity index (χ0v) is 20.6. The lowest BCUT2D eigenvalue weighted by Crippen LogP contribution is -2.36. The van der Waals surface area contributed by atoms with Crippen molar-refractivity contribution in [3.05, 3.63) is 44.7 Å². The van der Waals surface area contributed by atoms with Crippen LogP contribution in [0.3, 0.4) is 0 Å². The molecular formula is C24H30N4O2S2. The van der Waals surface area contributed by atoms with Crippen LogP contribution in [0.4, 0.5) is 5.82 Å². The van der Waals surface area contributed by atoms with E-state index < -0.39 is 0 Å². The topological polar surface area (TPSA) is 57.9 Å². The molecule has 1 saturated heterocycles. The van der Waals surface area contributed by atoms with Crippen molar-refractivity contribution in [1.82, 2.24) is 14.3 Å². The summed E-state index contributed by atoms with van der Waals surface area (Å²) < 4.78 is 2.18. The molecule has 6 nitrogen and oxygen atoms in total. The number of pyridine rings is 1. The van der Waals surface area contributed by atoms with Gasteiger partial charge in [0.2, 0.25) is 0 Å². The Morgan fingerprint density at radius 1 is 1.22 bits per heavy atom. The van der Waals surface area contributed by atoms with Crippen molar-refractivity contribution in [2.45, 2.75) is 65.3 Å². The second-order valence-electron chi connectivity index (χ2n) is 8.52. The summed E-state index contributed by atoms with van der Waals surface area (Å²) >= 11 is 6.86. The molecule has 2 aliphatic rings. The molecule has 0 N–H and O–H groups in total. The number of hydrogen-bond acceptors (Lipinski definition) is 6. The van der Waals surface area contributed by atoms with Crippen molar-refractivity contribution in [2.75, 3.05) is 18.0 Å². The molecule has 1 amide bonds. The number of aromatic nitrogens is 2. The van der Waals surface area contributed by atoms with Gasteiger partial charge in [-0.2, -0.15) is 0 Å². The molecular weight excluding hydrogens is 440 g/mol. The van der Waals surface area contributed by atoms with Crippen molar-refractivity contribution < 1.29 is 4.79 Å². The highest BCUT2D eigenvalue weighted by atomic mass is 32.2. The standard InChI is InChI=1S/C24H30N4O2S2/c1-4-12-26(13-5-2)21-18(22(29)27-14-8-9-16(3)20(27)25-21)15-19-23(30)28(24(31)32-19)17-10-6-7-11-17/h8-9,14-15,17H,4-7,10-13H2,1-3H3/b19-15-. The van der Waals surface area contributed by atoms with Gasteiger partial charge in [-0.1, -0.05) is 56.7 Å². The average Bonchev–Trinajstić information content (AvgIpc) is 3.38. The van der Waals surface area contributed by atoms with Crippen LogP contribution in [0.5, 0.6) is 0 Å². The number of rotatable bonds is 7. The lowest BCUT2D eigenvalue weighted by molar-refractivity contribution is -0.123. The number of carbonyl (C=O) groups excluding carboxylic acids is 1. The second-order valence-corrected chi connectivity index (χ2v) is 10.2. The molecule has 4 rings (SSSR count). The Hall–Kier alpha value is -2.19. The van der Waals surface area contributed by atoms with E-state index in [4.69, 9.17) is 17.2 Å². The number of thioether (sulfide) groups is 1. The van der Waals surface area contributed by atoms with Gasteiger partial charge in [0.25, 0.3) is 11.5 Å². The summed E-state index contributed by atoms with van der Waals surface area (Å²) in [6, 6.07) is 4.00. The number of nitrogens with zero attached hydrogens (tertiary/aromatic N) is 4. The van der Waals surface area contributed by atoms with E-state index in [1.165, 1.54) is 11.8 Å². The van der Waals surface area contributed by atoms with E-state index >= 15 is 0 Å². The van der Waals surface area contributed by atoms with Crippen molar-refractivity contribution in [3.8, 4) is 0 Å². The predicted molar refractivity (Wildman–Crippen MR) is 136 cm³/mol. The summed E-state index contributed by atoms with van der Waals surface area (Å²) in [7, 11) is 0. The van der Waals surface area contributed by atoms with Gasteiger partial charge in [-0.15, -0.1) is 0 Å². The number of thiocarbonyl (C=S) groups is 1. The van der Waals surface area contributed by atoms with Crippen LogP contribution in [-0.2, 0) is 4.79 Å². The largest absolute Gasteiger partial charge is 0.356 e. The third-order valence-corrected chi connectivity index (χ3v) is 7.47. The zero-order chi connectivity index (χ0) is 22.8. The fourth-order valence-corrected chi connectivity index (χ4v) is 6.00. The van der Waals surface area contributed by atoms with Gasteiger partial charge >= 0.3 is 0 Å². The molecule has 0 unspecified atom stereocenters. The minimum atomic E-state index is -0.156. The summed E-state index contributed by atoms with van der Waals surface area (Å²) in [6.45, 7) is 7.79. The average molecular weight is 471 g/mol. The maximum Gasteiger partial charge on any atom is 0.267 e. The van der Waals surface area contributed by atoms with Crippen molar-refractivity contribution in [1.29, 1.82) is 0 Å². The second kappa shape index (κ2) is 9.75. The van der Waals surface area contributed by atoms with Gasteiger partial charge in [0.15, 0.2) is 0 Å². The SMILES string of the molecule is CCCN(CCC)c1nc2c(C)cccn2c(=O)c1/C=C1\SC(=S)N(C2CCCC2)C1=O. The smallest absolute Gasteiger partial charge is 0.267 e. The molecule has 1 aliphatic carbocycles. The third kappa shape index (κ3) is 4.22. The van der Waals surface area contributed by atoms with E-state index in [-0.39, 0.29) is 17.5 Å². The van der Waals surface area contributed by atoms with E-state index in [0.717, 1.165) is 57.2 Å². The lowest BCUT2D eigenvalue weighted by atomic mass is 10.2. The maximum absolute atomic E-state index is 13.6. The molecule has 3 heterocycles. The molecule has 170 valence electrons. The molecule has 0 spiro atoms. The number of anilines is 1. The summed E-state index contributed by atoms with van der Waals surface area (Å²) in [4.78, 5) is 36.3. The maximum atomic E-state index is 13.6. The molecule has 32 heavy (non-hydrogen) atoms. The van der Waals surface area contributed by atoms with Gasteiger partial charge in [-0.3, -0.25) is 18.9 Å². The van der Waals surface area contributed by atoms with E-state index in [1.54, 1.807) is 21.6 Å². The van der Waals surface area contributed by atoms with Crippen LogP contribution in [0.25, 0.3) is 11.7 Å². The number of aryl methyl sites for hydroxylation is 1. The number of hydrogen-bond donors (Lipinski definition) is 0. The summed E-state index contributed by atoms with van der Waals surface area (Å²) in [6.07, 6.45) is 9.59. The quantitative estimate of drug-likeness (QED) is 0.429. The first-order valence-electron chi connectivity index (χ1n) is 11.5. The highest BCUT2D eigenvalue weighted by Gasteiger charge is 2.38. The van der Waals surface area contributed by atoms with Crippen LogP contribution >= 0.6 is 24.0 Å². The Morgan fingerprint density at radius 3 is 2.56 bits per heavy atom. The number of amides is 1. The molecule has 1 aliphatic heterocycles. The lowest BCUT2D eigenvalue weighted by Gasteiger charge is -2.25. The highest BCUT2D eigenvalue weighted by molar-refractivity contribution is 8.26. The van der Waals surface area contributed by atoms with Gasteiger partial charge in [0.1, 0.15) is 15.8 Å². The van der Waals surface area contributed by atoms with E-state index in [1.807, 2.05) is 19.1 Å². The zero-order valence-electron chi connectivity index (χ0n) is 19.0. The minimum absolute atomic E-state index is 0.0795. The monoisotopic (exact) mass is 470 g/mol. The summed E-state index contributed by atoms with van der Waals surface area (Å²) in [5.74, 6) is 0.572. The molecule has 2 aromatic heterocycles. The van der Waals surface area contributed by atoms with Crippen LogP contribution in [0.1, 0.15) is 63.5 Å². The van der Waals surface area contributed by atoms with E-state index in [2.05, 4.69) is 18.7 Å².